The van der Waals surface area contributed by atoms with Crippen molar-refractivity contribution < 1.29 is 37.7 Å². The molecule has 0 aromatic carbocycles. The molecule has 0 amide bonds. The van der Waals surface area contributed by atoms with E-state index in [1.807, 2.05) is 0 Å². The highest BCUT2D eigenvalue weighted by atomic mass is 32.2. The molecule has 0 aliphatic carbocycles. The van der Waals surface area contributed by atoms with Gasteiger partial charge in [0.25, 0.3) is 0 Å². The van der Waals surface area contributed by atoms with Crippen molar-refractivity contribution in [2.45, 2.75) is 44.5 Å². The number of thioether (sulfide) groups is 1. The molecular formula is C20H21NO8S. The molecule has 0 spiro atoms. The Bertz CT molecular complexity index is 883. The molecule has 2 aromatic heterocycles. The van der Waals surface area contributed by atoms with Crippen molar-refractivity contribution in [1.29, 1.82) is 0 Å². The van der Waals surface area contributed by atoms with Crippen molar-refractivity contribution in [3.8, 4) is 17.0 Å². The van der Waals surface area contributed by atoms with E-state index in [2.05, 4.69) is 4.98 Å². The Kier molecular flexibility index (Phi) is 6.99. The number of carbonyl (C=O) groups is 3. The molecule has 9 nitrogen and oxygen atoms in total. The van der Waals surface area contributed by atoms with Gasteiger partial charge in [0.2, 0.25) is 0 Å². The van der Waals surface area contributed by atoms with E-state index < -0.39 is 41.7 Å². The zero-order chi connectivity index (χ0) is 21.7. The lowest BCUT2D eigenvalue weighted by Gasteiger charge is -2.39. The summed E-state index contributed by atoms with van der Waals surface area (Å²) in [6.07, 6.45) is 1.91. The molecule has 3 rings (SSSR count). The molecular weight excluding hydrogens is 414 g/mol. The molecule has 10 heteroatoms. The molecule has 30 heavy (non-hydrogen) atoms. The van der Waals surface area contributed by atoms with Crippen LogP contribution in [0.15, 0.2) is 41.3 Å². The van der Waals surface area contributed by atoms with Gasteiger partial charge in [-0.25, -0.2) is 0 Å². The molecule has 0 N–H and O–H groups in total. The Labute approximate surface area is 177 Å². The van der Waals surface area contributed by atoms with Gasteiger partial charge < -0.3 is 23.4 Å². The fourth-order valence-electron chi connectivity index (χ4n) is 2.98. The van der Waals surface area contributed by atoms with Gasteiger partial charge in [0, 0.05) is 32.1 Å². The lowest BCUT2D eigenvalue weighted by Crippen LogP contribution is -2.55. The van der Waals surface area contributed by atoms with Crippen LogP contribution >= 0.6 is 11.8 Å². The van der Waals surface area contributed by atoms with E-state index in [4.69, 9.17) is 23.4 Å². The molecule has 1 aliphatic heterocycles. The van der Waals surface area contributed by atoms with E-state index in [1.165, 1.54) is 38.7 Å². The van der Waals surface area contributed by atoms with Gasteiger partial charge in [-0.15, -0.1) is 11.8 Å². The zero-order valence-corrected chi connectivity index (χ0v) is 17.4. The van der Waals surface area contributed by atoms with Crippen LogP contribution in [-0.2, 0) is 28.6 Å². The van der Waals surface area contributed by atoms with Crippen LogP contribution in [0.25, 0.3) is 11.3 Å². The summed E-state index contributed by atoms with van der Waals surface area (Å²) >= 11 is 1.28. The lowest BCUT2D eigenvalue weighted by molar-refractivity contribution is -0.186. The van der Waals surface area contributed by atoms with E-state index in [0.29, 0.717) is 17.2 Å². The molecule has 1 saturated heterocycles. The van der Waals surface area contributed by atoms with Gasteiger partial charge in [0.15, 0.2) is 23.7 Å². The normalized spacial score (nSPS) is 23.3. The van der Waals surface area contributed by atoms with Gasteiger partial charge in [-0.2, -0.15) is 0 Å². The minimum atomic E-state index is -1.00. The number of hydrogen-bond donors (Lipinski definition) is 0. The number of esters is 3. The highest BCUT2D eigenvalue weighted by molar-refractivity contribution is 7.99. The average Bonchev–Trinajstić information content (AvgIpc) is 3.20. The number of furan rings is 1. The molecule has 3 heterocycles. The number of rotatable bonds is 6. The van der Waals surface area contributed by atoms with E-state index in [9.17, 15) is 14.4 Å². The van der Waals surface area contributed by atoms with Crippen molar-refractivity contribution in [3.63, 3.8) is 0 Å². The van der Waals surface area contributed by atoms with Crippen LogP contribution in [0.3, 0.4) is 0 Å². The number of carbonyl (C=O) groups excluding carboxylic acids is 3. The van der Waals surface area contributed by atoms with Gasteiger partial charge in [0.1, 0.15) is 5.75 Å². The first-order valence-electron chi connectivity index (χ1n) is 9.12. The number of hydrogen-bond acceptors (Lipinski definition) is 10. The minimum Gasteiger partial charge on any atom is -0.474 e. The summed E-state index contributed by atoms with van der Waals surface area (Å²) in [4.78, 5) is 39.1. The Hall–Kier alpha value is -3.01. The van der Waals surface area contributed by atoms with E-state index in [1.54, 1.807) is 30.7 Å². The highest BCUT2D eigenvalue weighted by Gasteiger charge is 2.47. The van der Waals surface area contributed by atoms with Gasteiger partial charge in [-0.1, -0.05) is 0 Å². The number of nitrogens with zero attached hydrogens (tertiary/aromatic N) is 1. The van der Waals surface area contributed by atoms with Crippen molar-refractivity contribution in [2.24, 2.45) is 0 Å². The number of pyridine rings is 1. The summed E-state index contributed by atoms with van der Waals surface area (Å²) in [6, 6.07) is 5.27. The minimum absolute atomic E-state index is 0.292. The van der Waals surface area contributed by atoms with Crippen molar-refractivity contribution in [1.82, 2.24) is 4.98 Å². The van der Waals surface area contributed by atoms with Gasteiger partial charge >= 0.3 is 17.9 Å². The summed E-state index contributed by atoms with van der Waals surface area (Å²) in [5.74, 6) is -0.975. The van der Waals surface area contributed by atoms with Crippen LogP contribution in [0.5, 0.6) is 5.75 Å². The fourth-order valence-corrected chi connectivity index (χ4v) is 4.19. The van der Waals surface area contributed by atoms with Crippen molar-refractivity contribution in [2.75, 3.05) is 5.75 Å². The first-order chi connectivity index (χ1) is 14.3. The fraction of sp³-hybridized carbons (Fsp3) is 0.400. The third kappa shape index (κ3) is 5.53. The zero-order valence-electron chi connectivity index (χ0n) is 16.6. The summed E-state index contributed by atoms with van der Waals surface area (Å²) < 4.78 is 27.0. The number of aromatic nitrogens is 1. The monoisotopic (exact) mass is 435 g/mol. The largest absolute Gasteiger partial charge is 0.474 e. The molecule has 1 fully saturated rings. The molecule has 1 unspecified atom stereocenters. The highest BCUT2D eigenvalue weighted by Crippen LogP contribution is 2.34. The summed E-state index contributed by atoms with van der Waals surface area (Å²) in [5.41, 5.74) is 0.828. The first-order valence-corrected chi connectivity index (χ1v) is 10.2. The topological polar surface area (TPSA) is 114 Å². The Morgan fingerprint density at radius 3 is 2.27 bits per heavy atom. The second-order valence-corrected chi connectivity index (χ2v) is 7.64. The predicted octanol–water partition coefficient (Wildman–Crippen LogP) is 2.59. The summed E-state index contributed by atoms with van der Waals surface area (Å²) in [7, 11) is 0. The molecule has 160 valence electrons. The third-order valence-electron chi connectivity index (χ3n) is 4.11. The molecule has 1 aliphatic rings. The van der Waals surface area contributed by atoms with Crippen LogP contribution in [0.1, 0.15) is 20.8 Å². The quantitative estimate of drug-likeness (QED) is 0.495. The second-order valence-electron chi connectivity index (χ2n) is 6.51. The molecule has 0 bridgehead atoms. The molecule has 0 radical (unpaired) electrons. The van der Waals surface area contributed by atoms with Crippen LogP contribution in [0.2, 0.25) is 0 Å². The molecule has 0 saturated carbocycles. The second kappa shape index (κ2) is 9.66. The lowest BCUT2D eigenvalue weighted by atomic mass is 10.1. The van der Waals surface area contributed by atoms with E-state index in [0.717, 1.165) is 5.56 Å². The Morgan fingerprint density at radius 2 is 1.70 bits per heavy atom. The van der Waals surface area contributed by atoms with Crippen LogP contribution in [0.4, 0.5) is 0 Å². The maximum Gasteiger partial charge on any atom is 0.303 e. The van der Waals surface area contributed by atoms with Crippen LogP contribution in [-0.4, -0.2) is 52.4 Å². The van der Waals surface area contributed by atoms with Crippen LogP contribution in [0, 0.1) is 0 Å². The van der Waals surface area contributed by atoms with Crippen LogP contribution < -0.4 is 4.74 Å². The smallest absolute Gasteiger partial charge is 0.303 e. The van der Waals surface area contributed by atoms with E-state index in [-0.39, 0.29) is 0 Å². The maximum atomic E-state index is 11.7. The van der Waals surface area contributed by atoms with Gasteiger partial charge in [-0.3, -0.25) is 19.4 Å². The van der Waals surface area contributed by atoms with Crippen molar-refractivity contribution in [3.05, 3.63) is 36.9 Å². The molecule has 2 aromatic rings. The summed E-state index contributed by atoms with van der Waals surface area (Å²) in [6.45, 7) is 3.72. The Morgan fingerprint density at radius 1 is 1.00 bits per heavy atom. The first kappa shape index (κ1) is 21.7. The third-order valence-corrected chi connectivity index (χ3v) is 5.32. The molecule has 4 atom stereocenters. The summed E-state index contributed by atoms with van der Waals surface area (Å²) in [5, 5.41) is 0. The standard InChI is InChI=1S/C20H21NO8S/c1-11(22)26-17-10-30-20(19(28-13(3)24)18(17)27-12(2)23)29-15-4-5-16(21-8-15)14-6-7-25-9-14/h4-9,17-20H,10H2,1-3H3/t17-,18+,19-,20?/m1/s1. The average molecular weight is 435 g/mol. The number of ether oxygens (including phenoxy) is 4. The Balaban J connectivity index is 1.80. The maximum absolute atomic E-state index is 11.7. The predicted molar refractivity (Wildman–Crippen MR) is 105 cm³/mol. The van der Waals surface area contributed by atoms with Crippen molar-refractivity contribution >= 4 is 29.7 Å². The SMILES string of the molecule is CC(=O)O[C@H]1[C@H](OC(C)=O)CSC(Oc2ccc(-c3ccoc3)nc2)[C@@H]1OC(C)=O. The van der Waals surface area contributed by atoms with Gasteiger partial charge in [0.05, 0.1) is 24.4 Å². The van der Waals surface area contributed by atoms with E-state index >= 15 is 0 Å². The van der Waals surface area contributed by atoms with Gasteiger partial charge in [-0.05, 0) is 18.2 Å².